The van der Waals surface area contributed by atoms with Crippen LogP contribution in [0.2, 0.25) is 0 Å². The molecule has 0 saturated heterocycles. The predicted molar refractivity (Wildman–Crippen MR) is 120 cm³/mol. The number of rotatable bonds is 4. The average molecular weight is 469 g/mol. The molecule has 2 aromatic heterocycles. The Labute approximate surface area is 190 Å². The lowest BCUT2D eigenvalue weighted by Crippen LogP contribution is -2.35. The van der Waals surface area contributed by atoms with Gasteiger partial charge < -0.3 is 4.57 Å². The minimum absolute atomic E-state index is 0.0814. The summed E-state index contributed by atoms with van der Waals surface area (Å²) in [5, 5.41) is 3.64. The van der Waals surface area contributed by atoms with Gasteiger partial charge in [-0.25, -0.2) is 13.1 Å². The van der Waals surface area contributed by atoms with Gasteiger partial charge in [-0.05, 0) is 43.2 Å². The molecule has 0 radical (unpaired) electrons. The lowest BCUT2D eigenvalue weighted by Gasteiger charge is -2.30. The number of hydrogen-bond acceptors (Lipinski definition) is 3. The summed E-state index contributed by atoms with van der Waals surface area (Å²) in [6.07, 6.45) is 2.92. The number of aryl methyl sites for hydroxylation is 1. The second-order valence-electron chi connectivity index (χ2n) is 8.11. The van der Waals surface area contributed by atoms with Crippen LogP contribution in [0.1, 0.15) is 40.7 Å². The molecule has 3 heterocycles. The molecule has 6 nitrogen and oxygen atoms in total. The number of alkyl halides is 2. The fraction of sp³-hybridized carbons (Fsp3) is 0.208. The van der Waals surface area contributed by atoms with Crippen LogP contribution in [0.15, 0.2) is 78.0 Å². The molecular formula is C24H22F2N4O2S. The first kappa shape index (κ1) is 21.5. The summed E-state index contributed by atoms with van der Waals surface area (Å²) in [7, 11) is -4.20. The van der Waals surface area contributed by atoms with Crippen LogP contribution < -0.4 is 0 Å². The molecule has 5 rings (SSSR count). The fourth-order valence-electron chi connectivity index (χ4n) is 4.42. The average Bonchev–Trinajstić information content (AvgIpc) is 3.39. The highest BCUT2D eigenvalue weighted by atomic mass is 32.2. The summed E-state index contributed by atoms with van der Waals surface area (Å²) in [5.41, 5.74) is 4.21. The van der Waals surface area contributed by atoms with Gasteiger partial charge in [0.1, 0.15) is 4.90 Å². The molecule has 1 aliphatic heterocycles. The molecule has 9 heteroatoms. The van der Waals surface area contributed by atoms with Crippen molar-refractivity contribution in [2.24, 2.45) is 0 Å². The van der Waals surface area contributed by atoms with E-state index < -0.39 is 22.6 Å². The van der Waals surface area contributed by atoms with Gasteiger partial charge in [-0.15, -0.1) is 0 Å². The highest BCUT2D eigenvalue weighted by molar-refractivity contribution is 7.89. The van der Waals surface area contributed by atoms with Gasteiger partial charge in [0.05, 0.1) is 17.9 Å². The quantitative estimate of drug-likeness (QED) is 0.425. The SMILES string of the molecule is Cc1ccc([C@@H]2c3cccn3-c3ccccc3CN2S(=O)(=O)c2cnn(C(F)F)c2C)cc1. The standard InChI is InChI=1S/C24H22F2N4O2S/c1-16-9-11-18(12-10-16)23-21-8-5-13-28(21)20-7-4-3-6-19(20)15-29(23)33(31,32)22-14-27-30(17(22)2)24(25)26/h3-14,23-24H,15H2,1-2H3/t23-/m1/s1. The summed E-state index contributed by atoms with van der Waals surface area (Å²) in [6.45, 7) is 0.467. The summed E-state index contributed by atoms with van der Waals surface area (Å²) in [4.78, 5) is -0.225. The molecule has 0 saturated carbocycles. The first-order valence-electron chi connectivity index (χ1n) is 10.4. The molecule has 0 unspecified atom stereocenters. The van der Waals surface area contributed by atoms with Crippen LogP contribution in [0.25, 0.3) is 5.69 Å². The fourth-order valence-corrected chi connectivity index (χ4v) is 6.13. The maximum Gasteiger partial charge on any atom is 0.333 e. The van der Waals surface area contributed by atoms with Crippen molar-refractivity contribution < 1.29 is 17.2 Å². The molecular weight excluding hydrogens is 446 g/mol. The van der Waals surface area contributed by atoms with E-state index in [0.29, 0.717) is 4.68 Å². The monoisotopic (exact) mass is 468 g/mol. The van der Waals surface area contributed by atoms with E-state index in [1.54, 1.807) is 0 Å². The molecule has 4 aromatic rings. The third-order valence-corrected chi connectivity index (χ3v) is 8.00. The van der Waals surface area contributed by atoms with Gasteiger partial charge in [0, 0.05) is 24.1 Å². The Morgan fingerprint density at radius 1 is 1.00 bits per heavy atom. The van der Waals surface area contributed by atoms with Crippen molar-refractivity contribution >= 4 is 10.0 Å². The molecule has 1 aliphatic rings. The Kier molecular flexibility index (Phi) is 5.18. The van der Waals surface area contributed by atoms with E-state index in [1.165, 1.54) is 11.2 Å². The first-order chi connectivity index (χ1) is 15.8. The Hall–Kier alpha value is -3.30. The lowest BCUT2D eigenvalue weighted by atomic mass is 10.0. The van der Waals surface area contributed by atoms with Gasteiger partial charge in [-0.3, -0.25) is 0 Å². The molecule has 170 valence electrons. The molecule has 1 atom stereocenters. The number of sulfonamides is 1. The van der Waals surface area contributed by atoms with Crippen molar-refractivity contribution in [3.63, 3.8) is 0 Å². The summed E-state index contributed by atoms with van der Waals surface area (Å²) in [5.74, 6) is 0. The van der Waals surface area contributed by atoms with E-state index in [2.05, 4.69) is 5.10 Å². The van der Waals surface area contributed by atoms with E-state index in [-0.39, 0.29) is 17.1 Å². The topological polar surface area (TPSA) is 60.1 Å². The van der Waals surface area contributed by atoms with Gasteiger partial charge in [-0.1, -0.05) is 48.0 Å². The number of para-hydroxylation sites is 1. The number of hydrogen-bond donors (Lipinski definition) is 0. The number of benzene rings is 2. The van der Waals surface area contributed by atoms with Crippen molar-refractivity contribution in [3.8, 4) is 5.69 Å². The van der Waals surface area contributed by atoms with Crippen molar-refractivity contribution in [1.29, 1.82) is 0 Å². The largest absolute Gasteiger partial charge is 0.333 e. The van der Waals surface area contributed by atoms with Crippen molar-refractivity contribution in [2.45, 2.75) is 37.9 Å². The molecule has 33 heavy (non-hydrogen) atoms. The second-order valence-corrected chi connectivity index (χ2v) is 9.97. The van der Waals surface area contributed by atoms with Gasteiger partial charge in [0.15, 0.2) is 0 Å². The van der Waals surface area contributed by atoms with E-state index in [1.807, 2.05) is 78.4 Å². The Balaban J connectivity index is 1.76. The van der Waals surface area contributed by atoms with Gasteiger partial charge >= 0.3 is 6.55 Å². The third-order valence-electron chi connectivity index (χ3n) is 6.09. The zero-order valence-corrected chi connectivity index (χ0v) is 18.9. The maximum atomic E-state index is 14.0. The van der Waals surface area contributed by atoms with E-state index in [0.717, 1.165) is 34.3 Å². The van der Waals surface area contributed by atoms with Crippen molar-refractivity contribution in [1.82, 2.24) is 18.7 Å². The molecule has 0 N–H and O–H groups in total. The minimum atomic E-state index is -4.20. The van der Waals surface area contributed by atoms with E-state index in [9.17, 15) is 17.2 Å². The zero-order valence-electron chi connectivity index (χ0n) is 18.1. The number of aromatic nitrogens is 3. The smallest absolute Gasteiger partial charge is 0.319 e. The lowest BCUT2D eigenvalue weighted by molar-refractivity contribution is 0.0541. The highest BCUT2D eigenvalue weighted by Gasteiger charge is 2.39. The van der Waals surface area contributed by atoms with Crippen LogP contribution >= 0.6 is 0 Å². The minimum Gasteiger partial charge on any atom is -0.319 e. The van der Waals surface area contributed by atoms with E-state index >= 15 is 0 Å². The summed E-state index contributed by atoms with van der Waals surface area (Å²) in [6, 6.07) is 18.4. The van der Waals surface area contributed by atoms with Crippen LogP contribution in [0.4, 0.5) is 8.78 Å². The van der Waals surface area contributed by atoms with Crippen LogP contribution in [-0.4, -0.2) is 27.1 Å². The number of nitrogens with zero attached hydrogens (tertiary/aromatic N) is 4. The molecule has 0 aliphatic carbocycles. The molecule has 0 spiro atoms. The maximum absolute atomic E-state index is 14.0. The molecule has 0 bridgehead atoms. The van der Waals surface area contributed by atoms with Crippen LogP contribution in [0.3, 0.4) is 0 Å². The number of fused-ring (bicyclic) bond motifs is 3. The Morgan fingerprint density at radius 3 is 2.42 bits per heavy atom. The van der Waals surface area contributed by atoms with Crippen molar-refractivity contribution in [2.75, 3.05) is 0 Å². The summed E-state index contributed by atoms with van der Waals surface area (Å²) >= 11 is 0. The van der Waals surface area contributed by atoms with Crippen LogP contribution in [-0.2, 0) is 16.6 Å². The third kappa shape index (κ3) is 3.48. The van der Waals surface area contributed by atoms with Gasteiger partial charge in [0.25, 0.3) is 0 Å². The summed E-state index contributed by atoms with van der Waals surface area (Å²) < 4.78 is 58.5. The first-order valence-corrected chi connectivity index (χ1v) is 11.9. The highest BCUT2D eigenvalue weighted by Crippen LogP contribution is 2.40. The van der Waals surface area contributed by atoms with Gasteiger partial charge in [-0.2, -0.15) is 18.2 Å². The zero-order chi connectivity index (χ0) is 23.3. The Bertz CT molecular complexity index is 1420. The molecule has 2 aromatic carbocycles. The molecule has 0 fully saturated rings. The van der Waals surface area contributed by atoms with Crippen LogP contribution in [0, 0.1) is 13.8 Å². The Morgan fingerprint density at radius 2 is 1.73 bits per heavy atom. The molecule has 0 amide bonds. The number of halogens is 2. The normalized spacial score (nSPS) is 16.5. The van der Waals surface area contributed by atoms with E-state index in [4.69, 9.17) is 0 Å². The second kappa shape index (κ2) is 7.93. The van der Waals surface area contributed by atoms with Crippen molar-refractivity contribution in [3.05, 3.63) is 101 Å². The predicted octanol–water partition coefficient (Wildman–Crippen LogP) is 4.98. The van der Waals surface area contributed by atoms with Crippen LogP contribution in [0.5, 0.6) is 0 Å². The van der Waals surface area contributed by atoms with Gasteiger partial charge in [0.2, 0.25) is 10.0 Å².